The van der Waals surface area contributed by atoms with E-state index >= 15 is 0 Å². The van der Waals surface area contributed by atoms with Crippen molar-refractivity contribution in [3.05, 3.63) is 40.8 Å². The third kappa shape index (κ3) is 2.98. The molecular weight excluding hydrogens is 282 g/mol. The molecule has 0 aliphatic heterocycles. The summed E-state index contributed by atoms with van der Waals surface area (Å²) in [5.41, 5.74) is 6.10. The summed E-state index contributed by atoms with van der Waals surface area (Å²) in [5.74, 6) is 1.79. The molecule has 0 aliphatic rings. The number of imidazole rings is 1. The number of rotatable bonds is 5. The first kappa shape index (κ1) is 12.4. The van der Waals surface area contributed by atoms with Gasteiger partial charge in [0.25, 0.3) is 0 Å². The summed E-state index contributed by atoms with van der Waals surface area (Å²) in [6.45, 7) is 3.12. The third-order valence-electron chi connectivity index (χ3n) is 2.63. The molecule has 92 valence electrons. The van der Waals surface area contributed by atoms with Gasteiger partial charge in [-0.05, 0) is 34.5 Å². The highest BCUT2D eigenvalue weighted by Gasteiger charge is 2.14. The van der Waals surface area contributed by atoms with Crippen LogP contribution >= 0.6 is 15.9 Å². The molecule has 0 aromatic carbocycles. The van der Waals surface area contributed by atoms with Gasteiger partial charge in [-0.2, -0.15) is 0 Å². The molecule has 0 amide bonds. The summed E-state index contributed by atoms with van der Waals surface area (Å²) < 4.78 is 8.29. The number of hydrogen-bond donors (Lipinski definition) is 1. The highest BCUT2D eigenvalue weighted by atomic mass is 79.9. The molecule has 0 saturated carbocycles. The molecule has 0 fully saturated rings. The topological polar surface area (TPSA) is 57.0 Å². The smallest absolute Gasteiger partial charge is 0.169 e. The Hall–Kier alpha value is -1.07. The van der Waals surface area contributed by atoms with E-state index in [0.29, 0.717) is 11.1 Å². The van der Waals surface area contributed by atoms with Crippen molar-refractivity contribution in [3.63, 3.8) is 0 Å². The van der Waals surface area contributed by atoms with Gasteiger partial charge in [-0.25, -0.2) is 4.98 Å². The maximum absolute atomic E-state index is 6.10. The lowest BCUT2D eigenvalue weighted by Crippen LogP contribution is -2.16. The van der Waals surface area contributed by atoms with Crippen LogP contribution < -0.4 is 5.73 Å². The van der Waals surface area contributed by atoms with E-state index in [1.807, 2.05) is 24.5 Å². The molecule has 5 heteroatoms. The fourth-order valence-corrected chi connectivity index (χ4v) is 2.12. The average molecular weight is 298 g/mol. The molecule has 2 aromatic heterocycles. The Bertz CT molecular complexity index is 478. The van der Waals surface area contributed by atoms with Gasteiger partial charge < -0.3 is 14.7 Å². The molecule has 0 radical (unpaired) electrons. The highest BCUT2D eigenvalue weighted by Crippen LogP contribution is 2.21. The molecule has 0 bridgehead atoms. The van der Waals surface area contributed by atoms with Crippen molar-refractivity contribution in [2.24, 2.45) is 5.73 Å². The first-order chi connectivity index (χ1) is 8.20. The lowest BCUT2D eigenvalue weighted by atomic mass is 10.1. The number of furan rings is 1. The van der Waals surface area contributed by atoms with Gasteiger partial charge in [-0.3, -0.25) is 0 Å². The van der Waals surface area contributed by atoms with Gasteiger partial charge in [0.15, 0.2) is 4.67 Å². The highest BCUT2D eigenvalue weighted by molar-refractivity contribution is 9.10. The van der Waals surface area contributed by atoms with Crippen molar-refractivity contribution in [1.29, 1.82) is 0 Å². The van der Waals surface area contributed by atoms with Gasteiger partial charge in [-0.15, -0.1) is 0 Å². The van der Waals surface area contributed by atoms with E-state index in [0.717, 1.165) is 24.6 Å². The molecule has 2 aromatic rings. The number of aryl methyl sites for hydroxylation is 1. The van der Waals surface area contributed by atoms with Crippen LogP contribution in [0.1, 0.15) is 31.0 Å². The number of nitrogens with two attached hydrogens (primary N) is 1. The molecular formula is C12H16BrN3O. The molecule has 1 atom stereocenters. The van der Waals surface area contributed by atoms with Crippen molar-refractivity contribution in [2.45, 2.75) is 32.4 Å². The van der Waals surface area contributed by atoms with Crippen LogP contribution in [0, 0.1) is 0 Å². The first-order valence-electron chi connectivity index (χ1n) is 5.71. The summed E-state index contributed by atoms with van der Waals surface area (Å²) in [6, 6.07) is 3.59. The fourth-order valence-electron chi connectivity index (χ4n) is 1.80. The van der Waals surface area contributed by atoms with Crippen molar-refractivity contribution in [2.75, 3.05) is 0 Å². The summed E-state index contributed by atoms with van der Waals surface area (Å²) in [6.07, 6.45) is 5.58. The van der Waals surface area contributed by atoms with E-state index in [1.165, 1.54) is 0 Å². The Balaban J connectivity index is 2.07. The van der Waals surface area contributed by atoms with Crippen molar-refractivity contribution in [1.82, 2.24) is 9.55 Å². The molecule has 1 unspecified atom stereocenters. The molecule has 0 spiro atoms. The molecule has 0 saturated heterocycles. The number of aromatic nitrogens is 2. The van der Waals surface area contributed by atoms with E-state index in [-0.39, 0.29) is 6.04 Å². The fraction of sp³-hybridized carbons (Fsp3) is 0.417. The first-order valence-corrected chi connectivity index (χ1v) is 6.51. The Kier molecular flexibility index (Phi) is 4.02. The van der Waals surface area contributed by atoms with Crippen LogP contribution in [0.3, 0.4) is 0 Å². The molecule has 2 N–H and O–H groups in total. The predicted octanol–water partition coefficient (Wildman–Crippen LogP) is 2.89. The minimum atomic E-state index is -0.153. The summed E-state index contributed by atoms with van der Waals surface area (Å²) in [5, 5.41) is 0. The maximum atomic E-state index is 6.10. The third-order valence-corrected chi connectivity index (χ3v) is 3.05. The van der Waals surface area contributed by atoms with Crippen molar-refractivity contribution >= 4 is 15.9 Å². The summed E-state index contributed by atoms with van der Waals surface area (Å²) >= 11 is 3.27. The average Bonchev–Trinajstić information content (AvgIpc) is 2.89. The zero-order valence-corrected chi connectivity index (χ0v) is 11.4. The van der Waals surface area contributed by atoms with Crippen LogP contribution in [0.15, 0.2) is 33.6 Å². The minimum Gasteiger partial charge on any atom is -0.453 e. The Morgan fingerprint density at radius 2 is 2.35 bits per heavy atom. The Morgan fingerprint density at radius 1 is 1.53 bits per heavy atom. The van der Waals surface area contributed by atoms with Gasteiger partial charge in [0.1, 0.15) is 11.6 Å². The monoisotopic (exact) mass is 297 g/mol. The minimum absolute atomic E-state index is 0.153. The number of hydrogen-bond acceptors (Lipinski definition) is 3. The predicted molar refractivity (Wildman–Crippen MR) is 69.6 cm³/mol. The maximum Gasteiger partial charge on any atom is 0.169 e. The standard InChI is InChI=1S/C12H16BrN3O/c1-2-6-16-7-5-15-12(16)8-9(14)10-3-4-11(13)17-10/h3-5,7,9H,2,6,8,14H2,1H3. The van der Waals surface area contributed by atoms with E-state index < -0.39 is 0 Å². The molecule has 17 heavy (non-hydrogen) atoms. The van der Waals surface area contributed by atoms with Crippen LogP contribution in [-0.2, 0) is 13.0 Å². The van der Waals surface area contributed by atoms with Gasteiger partial charge in [-0.1, -0.05) is 6.92 Å². The number of nitrogens with zero attached hydrogens (tertiary/aromatic N) is 2. The Labute approximate surface area is 109 Å². The summed E-state index contributed by atoms with van der Waals surface area (Å²) in [7, 11) is 0. The van der Waals surface area contributed by atoms with E-state index in [4.69, 9.17) is 10.2 Å². The second-order valence-electron chi connectivity index (χ2n) is 3.99. The van der Waals surface area contributed by atoms with Gasteiger partial charge in [0, 0.05) is 25.4 Å². The lowest BCUT2D eigenvalue weighted by Gasteiger charge is -2.10. The van der Waals surface area contributed by atoms with Crippen molar-refractivity contribution in [3.8, 4) is 0 Å². The van der Waals surface area contributed by atoms with Crippen LogP contribution in [-0.4, -0.2) is 9.55 Å². The van der Waals surface area contributed by atoms with Crippen LogP contribution in [0.4, 0.5) is 0 Å². The SMILES string of the molecule is CCCn1ccnc1CC(N)c1ccc(Br)o1. The molecule has 2 heterocycles. The van der Waals surface area contributed by atoms with Gasteiger partial charge in [0.05, 0.1) is 6.04 Å². The molecule has 0 aliphatic carbocycles. The van der Waals surface area contributed by atoms with Gasteiger partial charge >= 0.3 is 0 Å². The van der Waals surface area contributed by atoms with Crippen LogP contribution in [0.5, 0.6) is 0 Å². The van der Waals surface area contributed by atoms with Crippen LogP contribution in [0.25, 0.3) is 0 Å². The quantitative estimate of drug-likeness (QED) is 0.923. The van der Waals surface area contributed by atoms with E-state index in [2.05, 4.69) is 32.4 Å². The zero-order valence-electron chi connectivity index (χ0n) is 9.77. The van der Waals surface area contributed by atoms with E-state index in [9.17, 15) is 0 Å². The lowest BCUT2D eigenvalue weighted by molar-refractivity contribution is 0.440. The number of halogens is 1. The van der Waals surface area contributed by atoms with E-state index in [1.54, 1.807) is 0 Å². The van der Waals surface area contributed by atoms with Gasteiger partial charge in [0.2, 0.25) is 0 Å². The molecule has 2 rings (SSSR count). The Morgan fingerprint density at radius 3 is 3.00 bits per heavy atom. The second kappa shape index (κ2) is 5.51. The summed E-state index contributed by atoms with van der Waals surface area (Å²) in [4.78, 5) is 4.34. The largest absolute Gasteiger partial charge is 0.453 e. The zero-order chi connectivity index (χ0) is 12.3. The van der Waals surface area contributed by atoms with Crippen LogP contribution in [0.2, 0.25) is 0 Å². The second-order valence-corrected chi connectivity index (χ2v) is 4.77. The normalized spacial score (nSPS) is 12.9. The molecule has 4 nitrogen and oxygen atoms in total. The van der Waals surface area contributed by atoms with Crippen molar-refractivity contribution < 1.29 is 4.42 Å².